The van der Waals surface area contributed by atoms with Crippen LogP contribution in [0.4, 0.5) is 5.69 Å². The van der Waals surface area contributed by atoms with Crippen molar-refractivity contribution in [2.45, 2.75) is 13.5 Å². The van der Waals surface area contributed by atoms with Crippen molar-refractivity contribution in [3.05, 3.63) is 52.8 Å². The Morgan fingerprint density at radius 2 is 2.19 bits per heavy atom. The molecule has 21 heavy (non-hydrogen) atoms. The summed E-state index contributed by atoms with van der Waals surface area (Å²) in [6.45, 7) is 2.44. The fourth-order valence-corrected chi connectivity index (χ4v) is 3.37. The Hall–Kier alpha value is -2.27. The molecular weight excluding hydrogens is 284 g/mol. The molecule has 1 amide bonds. The molecule has 0 saturated carbocycles. The summed E-state index contributed by atoms with van der Waals surface area (Å²) in [6, 6.07) is 9.71. The first-order valence-electron chi connectivity index (χ1n) is 6.62. The minimum absolute atomic E-state index is 0.0808. The van der Waals surface area contributed by atoms with E-state index in [2.05, 4.69) is 0 Å². The van der Waals surface area contributed by atoms with Gasteiger partial charge in [0.15, 0.2) is 0 Å². The molecule has 1 aromatic carbocycles. The number of amides is 1. The van der Waals surface area contributed by atoms with Crippen molar-refractivity contribution in [2.24, 2.45) is 0 Å². The van der Waals surface area contributed by atoms with E-state index in [1.165, 1.54) is 11.3 Å². The van der Waals surface area contributed by atoms with Crippen molar-refractivity contribution in [2.75, 3.05) is 12.8 Å². The Balaban J connectivity index is 1.92. The van der Waals surface area contributed by atoms with Crippen molar-refractivity contribution < 1.29 is 9.21 Å². The van der Waals surface area contributed by atoms with Crippen molar-refractivity contribution in [1.29, 1.82) is 0 Å². The number of aryl methyl sites for hydroxylation is 1. The van der Waals surface area contributed by atoms with Gasteiger partial charge in [-0.2, -0.15) is 0 Å². The third-order valence-electron chi connectivity index (χ3n) is 3.40. The highest BCUT2D eigenvalue weighted by atomic mass is 32.1. The molecule has 0 aliphatic rings. The number of carbonyl (C=O) groups is 1. The Morgan fingerprint density at radius 1 is 1.38 bits per heavy atom. The highest BCUT2D eigenvalue weighted by Crippen LogP contribution is 2.35. The van der Waals surface area contributed by atoms with Crippen molar-refractivity contribution in [1.82, 2.24) is 4.90 Å². The van der Waals surface area contributed by atoms with Gasteiger partial charge >= 0.3 is 0 Å². The van der Waals surface area contributed by atoms with Crippen LogP contribution in [0.2, 0.25) is 0 Å². The minimum Gasteiger partial charge on any atom is -0.467 e. The van der Waals surface area contributed by atoms with E-state index < -0.39 is 0 Å². The standard InChI is InChI=1S/C16H16N2O2S/c1-10-5-6-13-12(8-10)14(17)15(21-13)16(19)18(2)9-11-4-3-7-20-11/h3-8H,9,17H2,1-2H3. The lowest BCUT2D eigenvalue weighted by Gasteiger charge is -2.15. The number of nitrogens with zero attached hydrogens (tertiary/aromatic N) is 1. The van der Waals surface area contributed by atoms with Gasteiger partial charge in [-0.05, 0) is 31.2 Å². The van der Waals surface area contributed by atoms with Crippen LogP contribution >= 0.6 is 11.3 Å². The first kappa shape index (κ1) is 13.7. The van der Waals surface area contributed by atoms with Gasteiger partial charge in [0.05, 0.1) is 18.5 Å². The average molecular weight is 300 g/mol. The van der Waals surface area contributed by atoms with Crippen LogP contribution in [-0.2, 0) is 6.54 Å². The van der Waals surface area contributed by atoms with E-state index >= 15 is 0 Å². The molecule has 0 aliphatic carbocycles. The number of nitrogens with two attached hydrogens (primary N) is 1. The monoisotopic (exact) mass is 300 g/mol. The molecule has 0 spiro atoms. The number of hydrogen-bond acceptors (Lipinski definition) is 4. The second-order valence-electron chi connectivity index (χ2n) is 5.09. The molecule has 0 saturated heterocycles. The summed E-state index contributed by atoms with van der Waals surface area (Å²) in [6.07, 6.45) is 1.60. The fourth-order valence-electron chi connectivity index (χ4n) is 2.27. The van der Waals surface area contributed by atoms with Crippen molar-refractivity contribution in [3.8, 4) is 0 Å². The maximum Gasteiger partial charge on any atom is 0.266 e. The summed E-state index contributed by atoms with van der Waals surface area (Å²) >= 11 is 1.43. The van der Waals surface area contributed by atoms with E-state index in [4.69, 9.17) is 10.2 Å². The summed E-state index contributed by atoms with van der Waals surface area (Å²) in [7, 11) is 1.75. The number of fused-ring (bicyclic) bond motifs is 1. The molecule has 0 atom stereocenters. The number of furan rings is 1. The number of rotatable bonds is 3. The SMILES string of the molecule is Cc1ccc2sc(C(=O)N(C)Cc3ccco3)c(N)c2c1. The molecule has 2 heterocycles. The molecule has 2 N–H and O–H groups in total. The lowest BCUT2D eigenvalue weighted by Crippen LogP contribution is -2.25. The molecule has 3 aromatic rings. The predicted molar refractivity (Wildman–Crippen MR) is 85.5 cm³/mol. The third-order valence-corrected chi connectivity index (χ3v) is 4.57. The first-order chi connectivity index (χ1) is 10.1. The van der Waals surface area contributed by atoms with Gasteiger partial charge in [-0.15, -0.1) is 11.3 Å². The van der Waals surface area contributed by atoms with Gasteiger partial charge < -0.3 is 15.1 Å². The Kier molecular flexibility index (Phi) is 3.43. The zero-order chi connectivity index (χ0) is 15.0. The second-order valence-corrected chi connectivity index (χ2v) is 6.14. The quantitative estimate of drug-likeness (QED) is 0.803. The van der Waals surface area contributed by atoms with Gasteiger partial charge in [0, 0.05) is 17.1 Å². The fraction of sp³-hybridized carbons (Fsp3) is 0.188. The van der Waals surface area contributed by atoms with Crippen LogP contribution in [0.15, 0.2) is 41.0 Å². The van der Waals surface area contributed by atoms with E-state index in [9.17, 15) is 4.79 Å². The van der Waals surface area contributed by atoms with E-state index in [0.717, 1.165) is 21.4 Å². The number of hydrogen-bond donors (Lipinski definition) is 1. The topological polar surface area (TPSA) is 59.5 Å². The number of carbonyl (C=O) groups excluding carboxylic acids is 1. The van der Waals surface area contributed by atoms with Gasteiger partial charge in [-0.25, -0.2) is 0 Å². The number of benzene rings is 1. The van der Waals surface area contributed by atoms with Gasteiger partial charge in [-0.1, -0.05) is 11.6 Å². The summed E-state index contributed by atoms with van der Waals surface area (Å²) in [5, 5.41) is 0.953. The third kappa shape index (κ3) is 2.52. The maximum atomic E-state index is 12.6. The molecule has 0 bridgehead atoms. The Morgan fingerprint density at radius 3 is 2.90 bits per heavy atom. The smallest absolute Gasteiger partial charge is 0.266 e. The summed E-state index contributed by atoms with van der Waals surface area (Å²) in [5.41, 5.74) is 7.86. The maximum absolute atomic E-state index is 12.6. The number of thiophene rings is 1. The second kappa shape index (κ2) is 5.26. The van der Waals surface area contributed by atoms with Gasteiger partial charge in [0.25, 0.3) is 5.91 Å². The summed E-state index contributed by atoms with van der Waals surface area (Å²) in [5.74, 6) is 0.670. The Labute approximate surface area is 126 Å². The number of nitrogen functional groups attached to an aromatic ring is 1. The van der Waals surface area contributed by atoms with E-state index in [-0.39, 0.29) is 5.91 Å². The molecule has 108 valence electrons. The van der Waals surface area contributed by atoms with E-state index in [1.807, 2.05) is 37.3 Å². The van der Waals surface area contributed by atoms with Crippen LogP contribution < -0.4 is 5.73 Å². The highest BCUT2D eigenvalue weighted by Gasteiger charge is 2.20. The van der Waals surface area contributed by atoms with Crippen LogP contribution in [0.3, 0.4) is 0 Å². The molecule has 4 nitrogen and oxygen atoms in total. The molecule has 3 rings (SSSR count). The molecule has 2 aromatic heterocycles. The zero-order valence-corrected chi connectivity index (χ0v) is 12.7. The Bertz CT molecular complexity index is 790. The average Bonchev–Trinajstić information content (AvgIpc) is 3.07. The van der Waals surface area contributed by atoms with Gasteiger partial charge in [-0.3, -0.25) is 4.79 Å². The highest BCUT2D eigenvalue weighted by molar-refractivity contribution is 7.21. The zero-order valence-electron chi connectivity index (χ0n) is 11.9. The van der Waals surface area contributed by atoms with Crippen LogP contribution in [0.5, 0.6) is 0 Å². The van der Waals surface area contributed by atoms with Crippen molar-refractivity contribution >= 4 is 33.0 Å². The van der Waals surface area contributed by atoms with Gasteiger partial charge in [0.1, 0.15) is 10.6 Å². The lowest BCUT2D eigenvalue weighted by molar-refractivity contribution is 0.0781. The lowest BCUT2D eigenvalue weighted by atomic mass is 10.1. The largest absolute Gasteiger partial charge is 0.467 e. The van der Waals surface area contributed by atoms with Gasteiger partial charge in [0.2, 0.25) is 0 Å². The normalized spacial score (nSPS) is 11.0. The number of anilines is 1. The van der Waals surface area contributed by atoms with E-state index in [1.54, 1.807) is 18.2 Å². The molecule has 0 aliphatic heterocycles. The summed E-state index contributed by atoms with van der Waals surface area (Å²) in [4.78, 5) is 14.8. The van der Waals surface area contributed by atoms with Crippen LogP contribution in [0.1, 0.15) is 21.0 Å². The minimum atomic E-state index is -0.0808. The van der Waals surface area contributed by atoms with Crippen LogP contribution in [0.25, 0.3) is 10.1 Å². The molecular formula is C16H16N2O2S. The van der Waals surface area contributed by atoms with Crippen LogP contribution in [0, 0.1) is 6.92 Å². The molecule has 5 heteroatoms. The predicted octanol–water partition coefficient (Wildman–Crippen LogP) is 3.66. The first-order valence-corrected chi connectivity index (χ1v) is 7.44. The molecule has 0 fully saturated rings. The van der Waals surface area contributed by atoms with Crippen LogP contribution in [-0.4, -0.2) is 17.9 Å². The molecule has 0 radical (unpaired) electrons. The summed E-state index contributed by atoms with van der Waals surface area (Å²) < 4.78 is 6.31. The van der Waals surface area contributed by atoms with E-state index in [0.29, 0.717) is 17.1 Å². The molecule has 0 unspecified atom stereocenters. The van der Waals surface area contributed by atoms with Crippen molar-refractivity contribution in [3.63, 3.8) is 0 Å².